The molecule has 1 unspecified atom stereocenters. The molecular formula is C33H34N6O2S. The first-order valence-electron chi connectivity index (χ1n) is 13.8. The van der Waals surface area contributed by atoms with Gasteiger partial charge in [0.05, 0.1) is 17.1 Å². The first-order valence-corrected chi connectivity index (χ1v) is 14.6. The predicted octanol–water partition coefficient (Wildman–Crippen LogP) is 7.13. The summed E-state index contributed by atoms with van der Waals surface area (Å²) in [5.41, 5.74) is 10.5. The molecule has 0 aliphatic carbocycles. The molecular weight excluding hydrogens is 544 g/mol. The summed E-state index contributed by atoms with van der Waals surface area (Å²) in [4.78, 5) is 28.9. The molecule has 0 spiro atoms. The van der Waals surface area contributed by atoms with Crippen LogP contribution in [-0.2, 0) is 0 Å². The molecule has 0 saturated carbocycles. The first kappa shape index (κ1) is 28.9. The largest absolute Gasteiger partial charge is 0.491 e. The number of pyridine rings is 1. The van der Waals surface area contributed by atoms with E-state index in [0.717, 1.165) is 37.9 Å². The Labute approximate surface area is 250 Å². The minimum Gasteiger partial charge on any atom is -0.491 e. The number of nitrogens with two attached hydrogens (primary N) is 1. The van der Waals surface area contributed by atoms with Crippen LogP contribution in [0.25, 0.3) is 11.0 Å². The summed E-state index contributed by atoms with van der Waals surface area (Å²) in [6.07, 6.45) is 1.50. The van der Waals surface area contributed by atoms with E-state index in [0.29, 0.717) is 29.3 Å². The van der Waals surface area contributed by atoms with Gasteiger partial charge in [-0.2, -0.15) is 0 Å². The molecule has 4 N–H and O–H groups in total. The Morgan fingerprint density at radius 1 is 0.976 bits per heavy atom. The molecule has 1 atom stereocenters. The standard InChI is InChI=1S/C33H34N6O2S/c1-20(2)27-15-14-26-31(38-27)35-19-36-32(26)39-28-17-23(9-16-30(28)42-25-12-10-24(34)11-13-25)33(40)37-22(4)18-41-29-8-6-5-7-21(29)3/h5-17,19-20,22H,18,34H2,1-4H3,(H,37,40)(H,35,36,38,39). The molecule has 0 radical (unpaired) electrons. The number of para-hydroxylation sites is 1. The van der Waals surface area contributed by atoms with Crippen molar-refractivity contribution >= 4 is 45.9 Å². The number of aromatic nitrogens is 3. The number of amides is 1. The molecule has 0 bridgehead atoms. The lowest BCUT2D eigenvalue weighted by Gasteiger charge is -2.18. The van der Waals surface area contributed by atoms with Crippen molar-refractivity contribution in [3.63, 3.8) is 0 Å². The van der Waals surface area contributed by atoms with Crippen LogP contribution in [0, 0.1) is 6.92 Å². The van der Waals surface area contributed by atoms with Crippen LogP contribution in [0.3, 0.4) is 0 Å². The molecule has 0 fully saturated rings. The summed E-state index contributed by atoms with van der Waals surface area (Å²) in [5, 5.41) is 7.30. The molecule has 214 valence electrons. The lowest BCUT2D eigenvalue weighted by Crippen LogP contribution is -2.36. The summed E-state index contributed by atoms with van der Waals surface area (Å²) in [6.45, 7) is 8.47. The van der Waals surface area contributed by atoms with E-state index in [-0.39, 0.29) is 17.9 Å². The zero-order chi connectivity index (χ0) is 29.6. The van der Waals surface area contributed by atoms with E-state index in [9.17, 15) is 4.79 Å². The van der Waals surface area contributed by atoms with Gasteiger partial charge in [-0.1, -0.05) is 43.8 Å². The SMILES string of the molecule is Cc1ccccc1OCC(C)NC(=O)c1ccc(Sc2ccc(N)cc2)c(Nc2ncnc3nc(C(C)C)ccc23)c1. The van der Waals surface area contributed by atoms with Crippen LogP contribution in [0.2, 0.25) is 0 Å². The maximum atomic E-state index is 13.3. The van der Waals surface area contributed by atoms with Gasteiger partial charge >= 0.3 is 0 Å². The van der Waals surface area contributed by atoms with Crippen LogP contribution < -0.4 is 21.1 Å². The molecule has 5 rings (SSSR count). The summed E-state index contributed by atoms with van der Waals surface area (Å²) in [7, 11) is 0. The fourth-order valence-corrected chi connectivity index (χ4v) is 5.19. The monoisotopic (exact) mass is 578 g/mol. The van der Waals surface area contributed by atoms with Crippen LogP contribution >= 0.6 is 11.8 Å². The second kappa shape index (κ2) is 12.9. The van der Waals surface area contributed by atoms with E-state index in [1.165, 1.54) is 6.33 Å². The van der Waals surface area contributed by atoms with Gasteiger partial charge in [-0.3, -0.25) is 4.79 Å². The molecule has 2 aromatic heterocycles. The molecule has 3 aromatic carbocycles. The smallest absolute Gasteiger partial charge is 0.251 e. The number of nitrogens with one attached hydrogen (secondary N) is 2. The fourth-order valence-electron chi connectivity index (χ4n) is 4.31. The van der Waals surface area contributed by atoms with Crippen LogP contribution in [0.5, 0.6) is 5.75 Å². The molecule has 0 aliphatic rings. The first-order chi connectivity index (χ1) is 20.3. The number of hydrogen-bond acceptors (Lipinski definition) is 8. The molecule has 0 aliphatic heterocycles. The average Bonchev–Trinajstić information content (AvgIpc) is 2.98. The van der Waals surface area contributed by atoms with E-state index < -0.39 is 0 Å². The van der Waals surface area contributed by atoms with E-state index in [1.54, 1.807) is 11.8 Å². The van der Waals surface area contributed by atoms with Crippen LogP contribution in [-0.4, -0.2) is 33.5 Å². The Morgan fingerprint density at radius 3 is 2.52 bits per heavy atom. The zero-order valence-corrected chi connectivity index (χ0v) is 24.9. The van der Waals surface area contributed by atoms with Gasteiger partial charge in [0.2, 0.25) is 0 Å². The highest BCUT2D eigenvalue weighted by molar-refractivity contribution is 7.99. The average molecular weight is 579 g/mol. The van der Waals surface area contributed by atoms with Gasteiger partial charge in [-0.15, -0.1) is 0 Å². The van der Waals surface area contributed by atoms with Gasteiger partial charge in [0, 0.05) is 26.7 Å². The highest BCUT2D eigenvalue weighted by Gasteiger charge is 2.16. The minimum atomic E-state index is -0.204. The number of hydrogen-bond donors (Lipinski definition) is 3. The normalized spacial score (nSPS) is 11.8. The summed E-state index contributed by atoms with van der Waals surface area (Å²) >= 11 is 1.57. The number of carbonyl (C=O) groups excluding carboxylic acids is 1. The highest BCUT2D eigenvalue weighted by atomic mass is 32.2. The van der Waals surface area contributed by atoms with Gasteiger partial charge in [-0.25, -0.2) is 15.0 Å². The maximum absolute atomic E-state index is 13.3. The number of ether oxygens (including phenoxy) is 1. The van der Waals surface area contributed by atoms with E-state index in [4.69, 9.17) is 15.5 Å². The van der Waals surface area contributed by atoms with Crippen LogP contribution in [0.4, 0.5) is 17.2 Å². The fraction of sp³-hybridized carbons (Fsp3) is 0.212. The number of fused-ring (bicyclic) bond motifs is 1. The molecule has 0 saturated heterocycles. The number of nitrogens with zero attached hydrogens (tertiary/aromatic N) is 3. The lowest BCUT2D eigenvalue weighted by molar-refractivity contribution is 0.0926. The Morgan fingerprint density at radius 2 is 1.76 bits per heavy atom. The number of benzene rings is 3. The number of anilines is 3. The van der Waals surface area contributed by atoms with Gasteiger partial charge < -0.3 is 21.1 Å². The maximum Gasteiger partial charge on any atom is 0.251 e. The molecule has 1 amide bonds. The molecule has 9 heteroatoms. The second-order valence-corrected chi connectivity index (χ2v) is 11.6. The Hall–Kier alpha value is -4.63. The Balaban J connectivity index is 1.41. The van der Waals surface area contributed by atoms with E-state index >= 15 is 0 Å². The molecule has 2 heterocycles. The van der Waals surface area contributed by atoms with Crippen molar-refractivity contribution in [1.82, 2.24) is 20.3 Å². The van der Waals surface area contributed by atoms with Crippen molar-refractivity contribution in [3.8, 4) is 5.75 Å². The van der Waals surface area contributed by atoms with Crippen molar-refractivity contribution in [3.05, 3.63) is 102 Å². The van der Waals surface area contributed by atoms with Crippen LogP contribution in [0.1, 0.15) is 48.3 Å². The minimum absolute atomic E-state index is 0.196. The van der Waals surface area contributed by atoms with Crippen molar-refractivity contribution in [1.29, 1.82) is 0 Å². The topological polar surface area (TPSA) is 115 Å². The number of rotatable bonds is 10. The number of carbonyl (C=O) groups is 1. The van der Waals surface area contributed by atoms with Crippen molar-refractivity contribution in [2.45, 2.75) is 49.4 Å². The summed E-state index contributed by atoms with van der Waals surface area (Å²) in [6, 6.07) is 24.9. The van der Waals surface area contributed by atoms with E-state index in [2.05, 4.69) is 34.4 Å². The van der Waals surface area contributed by atoms with Crippen molar-refractivity contribution < 1.29 is 9.53 Å². The summed E-state index contributed by atoms with van der Waals surface area (Å²) in [5.74, 6) is 1.50. The highest BCUT2D eigenvalue weighted by Crippen LogP contribution is 2.36. The third kappa shape index (κ3) is 6.98. The lowest BCUT2D eigenvalue weighted by atomic mass is 10.1. The Kier molecular flexibility index (Phi) is 8.88. The predicted molar refractivity (Wildman–Crippen MR) is 170 cm³/mol. The number of nitrogen functional groups attached to an aromatic ring is 1. The zero-order valence-electron chi connectivity index (χ0n) is 24.1. The van der Waals surface area contributed by atoms with Crippen molar-refractivity contribution in [2.75, 3.05) is 17.7 Å². The van der Waals surface area contributed by atoms with Gasteiger partial charge in [0.1, 0.15) is 24.5 Å². The summed E-state index contributed by atoms with van der Waals surface area (Å²) < 4.78 is 5.94. The van der Waals surface area contributed by atoms with Crippen molar-refractivity contribution in [2.24, 2.45) is 0 Å². The third-order valence-electron chi connectivity index (χ3n) is 6.67. The third-order valence-corrected chi connectivity index (χ3v) is 7.76. The second-order valence-electron chi connectivity index (χ2n) is 10.4. The van der Waals surface area contributed by atoms with E-state index in [1.807, 2.05) is 92.7 Å². The van der Waals surface area contributed by atoms with Gasteiger partial charge in [0.25, 0.3) is 5.91 Å². The molecule has 8 nitrogen and oxygen atoms in total. The quantitative estimate of drug-likeness (QED) is 0.150. The molecule has 5 aromatic rings. The number of aryl methyl sites for hydroxylation is 1. The van der Waals surface area contributed by atoms with Gasteiger partial charge in [0.15, 0.2) is 5.65 Å². The van der Waals surface area contributed by atoms with Crippen LogP contribution in [0.15, 0.2) is 95.0 Å². The molecule has 42 heavy (non-hydrogen) atoms. The Bertz CT molecular complexity index is 1710. The van der Waals surface area contributed by atoms with Gasteiger partial charge in [-0.05, 0) is 86.0 Å².